The lowest BCUT2D eigenvalue weighted by molar-refractivity contribution is -0.140. The molecule has 0 aliphatic heterocycles. The van der Waals surface area contributed by atoms with Gasteiger partial charge in [-0.25, -0.2) is 16.8 Å². The Morgan fingerprint density at radius 2 is 1.46 bits per heavy atom. The molecule has 0 spiro atoms. The molecule has 0 saturated heterocycles. The predicted molar refractivity (Wildman–Crippen MR) is 105 cm³/mol. The summed E-state index contributed by atoms with van der Waals surface area (Å²) in [6.07, 6.45) is -0.514. The largest absolute Gasteiger partial charge is 0.468 e. The van der Waals surface area contributed by atoms with Crippen LogP contribution in [-0.4, -0.2) is 35.2 Å². The molecule has 2 aromatic carbocycles. The summed E-state index contributed by atoms with van der Waals surface area (Å²) in [5, 5.41) is -1.55. The number of rotatable bonds is 8. The van der Waals surface area contributed by atoms with E-state index in [9.17, 15) is 21.6 Å². The number of hydrogen-bond donors (Lipinski definition) is 0. The van der Waals surface area contributed by atoms with Gasteiger partial charge in [-0.05, 0) is 37.1 Å². The Kier molecular flexibility index (Phi) is 6.96. The Labute approximate surface area is 165 Å². The maximum Gasteiger partial charge on any atom is 0.324 e. The number of hydrogen-bond acceptors (Lipinski definition) is 6. The fourth-order valence-electron chi connectivity index (χ4n) is 2.63. The Hall–Kier alpha value is -2.67. The van der Waals surface area contributed by atoms with Crippen molar-refractivity contribution in [3.63, 3.8) is 0 Å². The van der Waals surface area contributed by atoms with Crippen LogP contribution in [0.5, 0.6) is 0 Å². The van der Waals surface area contributed by atoms with E-state index in [0.717, 1.165) is 7.11 Å². The molecule has 1 unspecified atom stereocenters. The average Bonchev–Trinajstić information content (AvgIpc) is 2.71. The third kappa shape index (κ3) is 4.59. The molecule has 6 nitrogen and oxygen atoms in total. The first-order valence-corrected chi connectivity index (χ1v) is 11.3. The summed E-state index contributed by atoms with van der Waals surface area (Å²) in [5.74, 6) is -0.954. The third-order valence-electron chi connectivity index (χ3n) is 4.12. The number of methoxy groups -OCH3 is 1. The Morgan fingerprint density at radius 1 is 0.964 bits per heavy atom. The molecule has 0 radical (unpaired) electrons. The molecule has 148 valence electrons. The van der Waals surface area contributed by atoms with Gasteiger partial charge >= 0.3 is 5.97 Å². The second kappa shape index (κ2) is 9.01. The quantitative estimate of drug-likeness (QED) is 0.481. The lowest BCUT2D eigenvalue weighted by Crippen LogP contribution is -2.32. The van der Waals surface area contributed by atoms with Crippen LogP contribution in [0.25, 0.3) is 0 Å². The predicted octanol–water partition coefficient (Wildman–Crippen LogP) is 2.92. The van der Waals surface area contributed by atoms with E-state index in [1.54, 1.807) is 24.3 Å². The summed E-state index contributed by atoms with van der Waals surface area (Å²) in [6.45, 7) is 3.41. The Morgan fingerprint density at radius 3 is 1.93 bits per heavy atom. The maximum absolute atomic E-state index is 12.9. The fraction of sp³-hybridized carbons (Fsp3) is 0.200. The first-order chi connectivity index (χ1) is 13.2. The molecule has 0 fully saturated rings. The molecule has 28 heavy (non-hydrogen) atoms. The second-order valence-electron chi connectivity index (χ2n) is 5.82. The second-order valence-corrected chi connectivity index (χ2v) is 9.93. The summed E-state index contributed by atoms with van der Waals surface area (Å²) in [4.78, 5) is 12.0. The molecule has 0 aliphatic carbocycles. The van der Waals surface area contributed by atoms with E-state index in [-0.39, 0.29) is 27.5 Å². The minimum Gasteiger partial charge on any atom is -0.468 e. The van der Waals surface area contributed by atoms with Crippen LogP contribution in [0.2, 0.25) is 0 Å². The highest BCUT2D eigenvalue weighted by Crippen LogP contribution is 2.26. The first kappa shape index (κ1) is 21.6. The molecule has 0 amide bonds. The number of carbonyl (C=O) groups excluding carboxylic acids is 1. The fourth-order valence-corrected chi connectivity index (χ4v) is 5.65. The molecule has 2 aromatic rings. The van der Waals surface area contributed by atoms with Gasteiger partial charge in [0.25, 0.3) is 0 Å². The molecule has 0 saturated carbocycles. The van der Waals surface area contributed by atoms with Gasteiger partial charge in [-0.1, -0.05) is 43.0 Å². The molecule has 0 bridgehead atoms. The SMILES string of the molecule is C=C=C(CCC(C(=O)OC)S(=O)(=O)c1ccccc1)S(=O)(=O)c1ccccc1. The van der Waals surface area contributed by atoms with Crippen LogP contribution in [0.1, 0.15) is 12.8 Å². The van der Waals surface area contributed by atoms with Crippen LogP contribution in [0, 0.1) is 0 Å². The van der Waals surface area contributed by atoms with Crippen molar-refractivity contribution in [1.29, 1.82) is 0 Å². The summed E-state index contributed by atoms with van der Waals surface area (Å²) >= 11 is 0. The zero-order chi connectivity index (χ0) is 20.8. The van der Waals surface area contributed by atoms with Crippen LogP contribution >= 0.6 is 0 Å². The van der Waals surface area contributed by atoms with Crippen molar-refractivity contribution in [3.05, 3.63) is 77.9 Å². The molecular weight excluding hydrogens is 400 g/mol. The van der Waals surface area contributed by atoms with Gasteiger partial charge in [0, 0.05) is 0 Å². The van der Waals surface area contributed by atoms with Crippen molar-refractivity contribution in [2.45, 2.75) is 27.9 Å². The molecule has 0 aromatic heterocycles. The van der Waals surface area contributed by atoms with Gasteiger partial charge in [0.1, 0.15) is 0 Å². The lowest BCUT2D eigenvalue weighted by atomic mass is 10.2. The topological polar surface area (TPSA) is 94.6 Å². The number of sulfone groups is 2. The smallest absolute Gasteiger partial charge is 0.324 e. The monoisotopic (exact) mass is 420 g/mol. The number of carbonyl (C=O) groups is 1. The highest BCUT2D eigenvalue weighted by atomic mass is 32.2. The van der Waals surface area contributed by atoms with Crippen LogP contribution in [0.15, 0.2) is 87.7 Å². The van der Waals surface area contributed by atoms with Gasteiger partial charge in [0.15, 0.2) is 15.1 Å². The molecular formula is C20H20O6S2. The minimum absolute atomic E-state index is 0.0413. The van der Waals surface area contributed by atoms with Crippen LogP contribution < -0.4 is 0 Å². The number of benzene rings is 2. The molecule has 0 N–H and O–H groups in total. The van der Waals surface area contributed by atoms with E-state index in [1.807, 2.05) is 0 Å². The van der Waals surface area contributed by atoms with Crippen LogP contribution in [0.4, 0.5) is 0 Å². The van der Waals surface area contributed by atoms with E-state index >= 15 is 0 Å². The van der Waals surface area contributed by atoms with Gasteiger partial charge in [-0.15, -0.1) is 5.73 Å². The van der Waals surface area contributed by atoms with Gasteiger partial charge in [0.2, 0.25) is 9.84 Å². The number of allylic oxidation sites excluding steroid dienone is 1. The van der Waals surface area contributed by atoms with E-state index < -0.39 is 30.9 Å². The zero-order valence-corrected chi connectivity index (χ0v) is 16.9. The Balaban J connectivity index is 2.34. The molecule has 1 atom stereocenters. The molecule has 0 aliphatic rings. The van der Waals surface area contributed by atoms with Crippen molar-refractivity contribution >= 4 is 25.6 Å². The number of esters is 1. The zero-order valence-electron chi connectivity index (χ0n) is 15.2. The van der Waals surface area contributed by atoms with E-state index in [4.69, 9.17) is 0 Å². The van der Waals surface area contributed by atoms with Crippen LogP contribution in [0.3, 0.4) is 0 Å². The van der Waals surface area contributed by atoms with Gasteiger partial charge in [-0.2, -0.15) is 0 Å². The molecule has 0 heterocycles. The van der Waals surface area contributed by atoms with Crippen molar-refractivity contribution < 1.29 is 26.4 Å². The highest BCUT2D eigenvalue weighted by Gasteiger charge is 2.35. The minimum atomic E-state index is -4.06. The van der Waals surface area contributed by atoms with Gasteiger partial charge in [0.05, 0.1) is 21.8 Å². The third-order valence-corrected chi connectivity index (χ3v) is 8.12. The normalized spacial score (nSPS) is 12.6. The van der Waals surface area contributed by atoms with Crippen molar-refractivity contribution in [1.82, 2.24) is 0 Å². The van der Waals surface area contributed by atoms with E-state index in [1.165, 1.54) is 36.4 Å². The highest BCUT2D eigenvalue weighted by molar-refractivity contribution is 7.95. The maximum atomic E-state index is 12.9. The van der Waals surface area contributed by atoms with Crippen molar-refractivity contribution in [2.24, 2.45) is 0 Å². The summed E-state index contributed by atoms with van der Waals surface area (Å²) in [7, 11) is -6.87. The van der Waals surface area contributed by atoms with E-state index in [0.29, 0.717) is 0 Å². The lowest BCUT2D eigenvalue weighted by Gasteiger charge is -2.16. The Bertz CT molecular complexity index is 1080. The summed E-state index contributed by atoms with van der Waals surface area (Å²) in [5.41, 5.74) is 2.38. The molecule has 8 heteroatoms. The number of ether oxygens (including phenoxy) is 1. The molecule has 2 rings (SSSR count). The van der Waals surface area contributed by atoms with Gasteiger partial charge in [-0.3, -0.25) is 4.79 Å². The van der Waals surface area contributed by atoms with Gasteiger partial charge < -0.3 is 4.74 Å². The standard InChI is InChI=1S/C20H20O6S2/c1-3-16(27(22,23)17-10-6-4-7-11-17)14-15-19(20(21)26-2)28(24,25)18-12-8-5-9-13-18/h4-13,19H,1,14-15H2,2H3. The van der Waals surface area contributed by atoms with Crippen molar-refractivity contribution in [2.75, 3.05) is 7.11 Å². The van der Waals surface area contributed by atoms with Crippen molar-refractivity contribution in [3.8, 4) is 0 Å². The van der Waals surface area contributed by atoms with E-state index in [2.05, 4.69) is 17.0 Å². The summed E-state index contributed by atoms with van der Waals surface area (Å²) in [6, 6.07) is 15.1. The van der Waals surface area contributed by atoms with Crippen LogP contribution in [-0.2, 0) is 29.2 Å². The summed E-state index contributed by atoms with van der Waals surface area (Å²) < 4.78 is 55.8. The average molecular weight is 421 g/mol. The first-order valence-electron chi connectivity index (χ1n) is 8.31.